The number of amides is 2. The largest absolute Gasteiger partial charge is 0.338 e. The monoisotopic (exact) mass is 365 g/mol. The molecule has 0 unspecified atom stereocenters. The quantitative estimate of drug-likeness (QED) is 0.801. The molecule has 1 aliphatic heterocycles. The molecular formula is C21H27N5O. The Balaban J connectivity index is 1.54. The number of carbonyl (C=O) groups is 1. The highest BCUT2D eigenvalue weighted by Gasteiger charge is 2.16. The van der Waals surface area contributed by atoms with Crippen molar-refractivity contribution in [2.24, 2.45) is 0 Å². The summed E-state index contributed by atoms with van der Waals surface area (Å²) in [6, 6.07) is 7.98. The molecule has 6 nitrogen and oxygen atoms in total. The summed E-state index contributed by atoms with van der Waals surface area (Å²) < 4.78 is 2.21. The second-order valence-corrected chi connectivity index (χ2v) is 7.02. The first-order valence-corrected chi connectivity index (χ1v) is 9.60. The van der Waals surface area contributed by atoms with Gasteiger partial charge in [0.1, 0.15) is 11.6 Å². The molecule has 1 aromatic heterocycles. The number of hydrogen-bond acceptors (Lipinski definition) is 3. The van der Waals surface area contributed by atoms with Crippen molar-refractivity contribution >= 4 is 6.03 Å². The van der Waals surface area contributed by atoms with E-state index in [1.165, 1.54) is 18.4 Å². The summed E-state index contributed by atoms with van der Waals surface area (Å²) in [5.41, 5.74) is 2.26. The molecule has 27 heavy (non-hydrogen) atoms. The lowest BCUT2D eigenvalue weighted by atomic mass is 10.1. The third-order valence-corrected chi connectivity index (χ3v) is 4.87. The molecule has 1 aliphatic rings. The molecule has 3 rings (SSSR count). The number of terminal acetylenes is 1. The van der Waals surface area contributed by atoms with Gasteiger partial charge in [-0.2, -0.15) is 0 Å². The molecule has 2 aromatic rings. The van der Waals surface area contributed by atoms with Crippen molar-refractivity contribution in [3.8, 4) is 12.3 Å². The molecule has 0 radical (unpaired) electrons. The Morgan fingerprint density at radius 3 is 2.85 bits per heavy atom. The summed E-state index contributed by atoms with van der Waals surface area (Å²) in [4.78, 5) is 14.2. The van der Waals surface area contributed by atoms with E-state index in [-0.39, 0.29) is 12.6 Å². The summed E-state index contributed by atoms with van der Waals surface area (Å²) in [5.74, 6) is 4.60. The summed E-state index contributed by atoms with van der Waals surface area (Å²) in [6.45, 7) is 4.31. The van der Waals surface area contributed by atoms with Crippen molar-refractivity contribution < 1.29 is 4.79 Å². The first kappa shape index (κ1) is 19.0. The van der Waals surface area contributed by atoms with Gasteiger partial charge in [0.2, 0.25) is 0 Å². The summed E-state index contributed by atoms with van der Waals surface area (Å²) >= 11 is 0. The van der Waals surface area contributed by atoms with Crippen LogP contribution in [-0.4, -0.2) is 38.8 Å². The van der Waals surface area contributed by atoms with Gasteiger partial charge in [0.05, 0.1) is 6.54 Å². The van der Waals surface area contributed by atoms with Gasteiger partial charge in [-0.15, -0.1) is 16.6 Å². The highest BCUT2D eigenvalue weighted by atomic mass is 16.2. The van der Waals surface area contributed by atoms with Gasteiger partial charge in [-0.3, -0.25) is 0 Å². The van der Waals surface area contributed by atoms with E-state index in [2.05, 4.69) is 26.0 Å². The summed E-state index contributed by atoms with van der Waals surface area (Å²) in [7, 11) is 0. The Hall–Kier alpha value is -2.81. The van der Waals surface area contributed by atoms with Crippen LogP contribution in [0.2, 0.25) is 0 Å². The van der Waals surface area contributed by atoms with E-state index in [0.717, 1.165) is 36.6 Å². The molecule has 142 valence electrons. The van der Waals surface area contributed by atoms with Crippen molar-refractivity contribution in [2.75, 3.05) is 13.1 Å². The number of fused-ring (bicyclic) bond motifs is 1. The van der Waals surface area contributed by atoms with Crippen LogP contribution in [0.5, 0.6) is 0 Å². The van der Waals surface area contributed by atoms with Crippen molar-refractivity contribution in [3.63, 3.8) is 0 Å². The number of nitrogens with zero attached hydrogens (tertiary/aromatic N) is 4. The zero-order valence-electron chi connectivity index (χ0n) is 15.9. The van der Waals surface area contributed by atoms with Crippen LogP contribution < -0.4 is 5.32 Å². The van der Waals surface area contributed by atoms with Crippen LogP contribution in [0.25, 0.3) is 0 Å². The molecule has 2 amide bonds. The Labute approximate surface area is 161 Å². The van der Waals surface area contributed by atoms with Gasteiger partial charge >= 0.3 is 6.03 Å². The first-order valence-electron chi connectivity index (χ1n) is 9.60. The van der Waals surface area contributed by atoms with Crippen molar-refractivity contribution in [3.05, 3.63) is 47.0 Å². The third kappa shape index (κ3) is 5.10. The maximum atomic E-state index is 12.6. The highest BCUT2D eigenvalue weighted by molar-refractivity contribution is 5.74. The summed E-state index contributed by atoms with van der Waals surface area (Å²) in [5, 5.41) is 11.6. The van der Waals surface area contributed by atoms with E-state index >= 15 is 0 Å². The van der Waals surface area contributed by atoms with Crippen LogP contribution >= 0.6 is 0 Å². The summed E-state index contributed by atoms with van der Waals surface area (Å²) in [6.07, 6.45) is 10.7. The molecule has 1 N–H and O–H groups in total. The van der Waals surface area contributed by atoms with E-state index in [9.17, 15) is 4.79 Å². The smallest absolute Gasteiger partial charge is 0.318 e. The standard InChI is InChI=1S/C21H27N5O/c1-3-14-25(16-18-10-8-17(2)9-11-18)21(27)22-13-12-20-24-23-19-7-5-4-6-15-26(19)20/h1,8-11H,4-7,12-16H2,2H3,(H,22,27). The minimum Gasteiger partial charge on any atom is -0.338 e. The fourth-order valence-corrected chi connectivity index (χ4v) is 3.35. The van der Waals surface area contributed by atoms with E-state index in [1.54, 1.807) is 4.90 Å². The van der Waals surface area contributed by atoms with E-state index in [0.29, 0.717) is 19.5 Å². The molecule has 0 saturated carbocycles. The number of aryl methyl sites for hydroxylation is 2. The van der Waals surface area contributed by atoms with Gasteiger partial charge < -0.3 is 14.8 Å². The lowest BCUT2D eigenvalue weighted by molar-refractivity contribution is 0.202. The van der Waals surface area contributed by atoms with Crippen LogP contribution in [0.4, 0.5) is 4.79 Å². The molecule has 0 fully saturated rings. The van der Waals surface area contributed by atoms with E-state index < -0.39 is 0 Å². The molecule has 6 heteroatoms. The van der Waals surface area contributed by atoms with E-state index in [1.807, 2.05) is 31.2 Å². The number of nitrogens with one attached hydrogen (secondary N) is 1. The normalized spacial score (nSPS) is 13.3. The van der Waals surface area contributed by atoms with Crippen molar-refractivity contribution in [1.29, 1.82) is 0 Å². The van der Waals surface area contributed by atoms with Gasteiger partial charge in [0, 0.05) is 32.5 Å². The molecule has 0 atom stereocenters. The van der Waals surface area contributed by atoms with Crippen LogP contribution in [0.15, 0.2) is 24.3 Å². The van der Waals surface area contributed by atoms with Gasteiger partial charge in [-0.1, -0.05) is 42.2 Å². The second-order valence-electron chi connectivity index (χ2n) is 7.02. The SMILES string of the molecule is C#CCN(Cc1ccc(C)cc1)C(=O)NCCc1nnc2n1CCCCC2. The maximum absolute atomic E-state index is 12.6. The van der Waals surface area contributed by atoms with Crippen LogP contribution in [-0.2, 0) is 25.9 Å². The number of carbonyl (C=O) groups excluding carboxylic acids is 1. The molecular weight excluding hydrogens is 338 g/mol. The average Bonchev–Trinajstić information content (AvgIpc) is 2.89. The van der Waals surface area contributed by atoms with Gasteiger partial charge in [0.25, 0.3) is 0 Å². The van der Waals surface area contributed by atoms with Gasteiger partial charge in [0.15, 0.2) is 0 Å². The van der Waals surface area contributed by atoms with Crippen LogP contribution in [0, 0.1) is 19.3 Å². The molecule has 0 saturated heterocycles. The fraction of sp³-hybridized carbons (Fsp3) is 0.476. The van der Waals surface area contributed by atoms with Crippen molar-refractivity contribution in [2.45, 2.75) is 52.1 Å². The highest BCUT2D eigenvalue weighted by Crippen LogP contribution is 2.14. The first-order chi connectivity index (χ1) is 13.2. The van der Waals surface area contributed by atoms with Crippen molar-refractivity contribution in [1.82, 2.24) is 25.0 Å². The topological polar surface area (TPSA) is 63.1 Å². The van der Waals surface area contributed by atoms with Gasteiger partial charge in [-0.25, -0.2) is 4.79 Å². The minimum absolute atomic E-state index is 0.149. The number of aromatic nitrogens is 3. The van der Waals surface area contributed by atoms with Gasteiger partial charge in [-0.05, 0) is 25.3 Å². The predicted molar refractivity (Wildman–Crippen MR) is 105 cm³/mol. The predicted octanol–water partition coefficient (Wildman–Crippen LogP) is 2.70. The third-order valence-electron chi connectivity index (χ3n) is 4.87. The van der Waals surface area contributed by atoms with E-state index in [4.69, 9.17) is 6.42 Å². The number of rotatable bonds is 6. The Morgan fingerprint density at radius 1 is 1.26 bits per heavy atom. The Bertz CT molecular complexity index is 803. The maximum Gasteiger partial charge on any atom is 0.318 e. The molecule has 0 aliphatic carbocycles. The molecule has 0 spiro atoms. The number of urea groups is 1. The zero-order chi connectivity index (χ0) is 19.1. The Kier molecular flexibility index (Phi) is 6.48. The van der Waals surface area contributed by atoms with Crippen LogP contribution in [0.3, 0.4) is 0 Å². The lowest BCUT2D eigenvalue weighted by Crippen LogP contribution is -2.40. The fourth-order valence-electron chi connectivity index (χ4n) is 3.35. The van der Waals surface area contributed by atoms with Crippen LogP contribution in [0.1, 0.15) is 42.0 Å². The second kappa shape index (κ2) is 9.22. The molecule has 0 bridgehead atoms. The molecule has 1 aromatic carbocycles. The average molecular weight is 365 g/mol. The number of benzene rings is 1. The Morgan fingerprint density at radius 2 is 2.07 bits per heavy atom. The number of hydrogen-bond donors (Lipinski definition) is 1. The zero-order valence-corrected chi connectivity index (χ0v) is 15.9. The minimum atomic E-state index is -0.149. The lowest BCUT2D eigenvalue weighted by Gasteiger charge is -2.21. The molecule has 2 heterocycles.